The van der Waals surface area contributed by atoms with Crippen molar-refractivity contribution in [3.05, 3.63) is 29.3 Å². The molecule has 1 heterocycles. The monoisotopic (exact) mass is 371 g/mol. The summed E-state index contributed by atoms with van der Waals surface area (Å²) < 4.78 is 0. The topological polar surface area (TPSA) is 61.4 Å². The molecule has 2 fully saturated rings. The number of carbonyl (C=O) groups excluding carboxylic acids is 2. The summed E-state index contributed by atoms with van der Waals surface area (Å²) in [7, 11) is 0. The van der Waals surface area contributed by atoms with Crippen LogP contribution in [0, 0.1) is 25.2 Å². The molecule has 1 saturated carbocycles. The van der Waals surface area contributed by atoms with E-state index in [4.69, 9.17) is 0 Å². The maximum atomic E-state index is 12.5. The Labute approximate surface area is 162 Å². The van der Waals surface area contributed by atoms with Crippen molar-refractivity contribution >= 4 is 17.6 Å². The lowest BCUT2D eigenvalue weighted by Gasteiger charge is -2.39. The van der Waals surface area contributed by atoms with E-state index in [1.807, 2.05) is 18.2 Å². The Hall–Kier alpha value is -2.04. The second kappa shape index (κ2) is 7.53. The predicted molar refractivity (Wildman–Crippen MR) is 109 cm³/mol. The second-order valence-corrected chi connectivity index (χ2v) is 9.40. The molecule has 1 aromatic rings. The van der Waals surface area contributed by atoms with Crippen LogP contribution in [-0.4, -0.2) is 30.6 Å². The van der Waals surface area contributed by atoms with Crippen molar-refractivity contribution in [1.82, 2.24) is 10.6 Å². The van der Waals surface area contributed by atoms with Gasteiger partial charge in [0.15, 0.2) is 0 Å². The van der Waals surface area contributed by atoms with Gasteiger partial charge in [-0.1, -0.05) is 26.8 Å². The van der Waals surface area contributed by atoms with Crippen LogP contribution in [0.3, 0.4) is 0 Å². The van der Waals surface area contributed by atoms with Gasteiger partial charge in [0.1, 0.15) is 0 Å². The largest absolute Gasteiger partial charge is 0.335 e. The first kappa shape index (κ1) is 19.7. The number of hydrogen-bond acceptors (Lipinski definition) is 2. The van der Waals surface area contributed by atoms with Gasteiger partial charge in [0.2, 0.25) is 5.91 Å². The van der Waals surface area contributed by atoms with Crippen molar-refractivity contribution in [1.29, 1.82) is 0 Å². The van der Waals surface area contributed by atoms with E-state index in [9.17, 15) is 9.59 Å². The Morgan fingerprint density at radius 2 is 1.81 bits per heavy atom. The number of hydrogen-bond donors (Lipinski definition) is 2. The molecular weight excluding hydrogens is 338 g/mol. The van der Waals surface area contributed by atoms with Crippen LogP contribution < -0.4 is 15.5 Å². The Bertz CT molecular complexity index is 728. The summed E-state index contributed by atoms with van der Waals surface area (Å²) in [5.41, 5.74) is 3.56. The summed E-state index contributed by atoms with van der Waals surface area (Å²) in [6, 6.07) is 5.97. The fourth-order valence-electron chi connectivity index (χ4n) is 4.82. The normalized spacial score (nSPS) is 27.5. The Kier molecular flexibility index (Phi) is 5.50. The number of amides is 3. The standard InChI is InChI=1S/C22H33N3O2/c1-14-8-17(12-22(4,5)11-14)23-21(27)24-18-10-20(26)25(13-18)19-7-6-15(2)16(3)9-19/h6-7,9,14,17-18H,8,10-13H2,1-5H3,(H2,23,24,27)/t14-,17+,18-/m0/s1. The van der Waals surface area contributed by atoms with Gasteiger partial charge >= 0.3 is 6.03 Å². The zero-order valence-corrected chi connectivity index (χ0v) is 17.3. The molecule has 1 saturated heterocycles. The molecule has 3 rings (SSSR count). The minimum atomic E-state index is -0.148. The molecule has 1 aliphatic carbocycles. The fourth-order valence-corrected chi connectivity index (χ4v) is 4.82. The second-order valence-electron chi connectivity index (χ2n) is 9.40. The summed E-state index contributed by atoms with van der Waals surface area (Å²) in [5, 5.41) is 6.15. The molecule has 3 amide bonds. The summed E-state index contributed by atoms with van der Waals surface area (Å²) in [5.74, 6) is 0.684. The van der Waals surface area contributed by atoms with Gasteiger partial charge in [0, 0.05) is 24.7 Å². The molecule has 0 bridgehead atoms. The van der Waals surface area contributed by atoms with E-state index in [0.717, 1.165) is 18.5 Å². The maximum absolute atomic E-state index is 12.5. The van der Waals surface area contributed by atoms with Crippen molar-refractivity contribution in [2.75, 3.05) is 11.4 Å². The van der Waals surface area contributed by atoms with Gasteiger partial charge in [0.05, 0.1) is 6.04 Å². The van der Waals surface area contributed by atoms with Crippen LogP contribution >= 0.6 is 0 Å². The van der Waals surface area contributed by atoms with E-state index in [1.54, 1.807) is 4.90 Å². The first-order valence-electron chi connectivity index (χ1n) is 10.1. The minimum Gasteiger partial charge on any atom is -0.335 e. The van der Waals surface area contributed by atoms with Crippen LogP contribution in [0.5, 0.6) is 0 Å². The van der Waals surface area contributed by atoms with Crippen LogP contribution in [0.4, 0.5) is 10.5 Å². The number of aryl methyl sites for hydroxylation is 2. The van der Waals surface area contributed by atoms with Crippen molar-refractivity contribution < 1.29 is 9.59 Å². The van der Waals surface area contributed by atoms with E-state index in [1.165, 1.54) is 17.5 Å². The quantitative estimate of drug-likeness (QED) is 0.846. The van der Waals surface area contributed by atoms with E-state index < -0.39 is 0 Å². The van der Waals surface area contributed by atoms with Gasteiger partial charge in [0.25, 0.3) is 0 Å². The number of rotatable bonds is 3. The van der Waals surface area contributed by atoms with Crippen molar-refractivity contribution in [3.8, 4) is 0 Å². The number of urea groups is 1. The van der Waals surface area contributed by atoms with Crippen molar-refractivity contribution in [2.45, 2.75) is 72.4 Å². The number of nitrogens with one attached hydrogen (secondary N) is 2. The first-order valence-corrected chi connectivity index (χ1v) is 10.1. The molecule has 27 heavy (non-hydrogen) atoms. The van der Waals surface area contributed by atoms with E-state index >= 15 is 0 Å². The zero-order chi connectivity index (χ0) is 19.8. The van der Waals surface area contributed by atoms with Gasteiger partial charge in [-0.05, 0) is 67.7 Å². The molecule has 1 aliphatic heterocycles. The van der Waals surface area contributed by atoms with Gasteiger partial charge in [-0.25, -0.2) is 4.79 Å². The third-order valence-corrected chi connectivity index (χ3v) is 5.98. The molecule has 5 nitrogen and oxygen atoms in total. The predicted octanol–water partition coefficient (Wildman–Crippen LogP) is 3.92. The lowest BCUT2D eigenvalue weighted by atomic mass is 9.71. The number of carbonyl (C=O) groups is 2. The Balaban J connectivity index is 1.56. The lowest BCUT2D eigenvalue weighted by molar-refractivity contribution is -0.117. The molecule has 0 spiro atoms. The van der Waals surface area contributed by atoms with Crippen LogP contribution in [-0.2, 0) is 4.79 Å². The highest BCUT2D eigenvalue weighted by Crippen LogP contribution is 2.38. The highest BCUT2D eigenvalue weighted by molar-refractivity contribution is 5.96. The molecule has 148 valence electrons. The van der Waals surface area contributed by atoms with Crippen molar-refractivity contribution in [3.63, 3.8) is 0 Å². The third-order valence-electron chi connectivity index (χ3n) is 5.98. The summed E-state index contributed by atoms with van der Waals surface area (Å²) in [6.07, 6.45) is 3.58. The number of nitrogens with zero attached hydrogens (tertiary/aromatic N) is 1. The molecule has 5 heteroatoms. The summed E-state index contributed by atoms with van der Waals surface area (Å²) in [6.45, 7) is 11.4. The highest BCUT2D eigenvalue weighted by atomic mass is 16.2. The minimum absolute atomic E-state index is 0.0657. The molecule has 1 aromatic carbocycles. The molecule has 2 aliphatic rings. The lowest BCUT2D eigenvalue weighted by Crippen LogP contribution is -2.50. The Morgan fingerprint density at radius 3 is 2.48 bits per heavy atom. The summed E-state index contributed by atoms with van der Waals surface area (Å²) >= 11 is 0. The molecule has 3 atom stereocenters. The van der Waals surface area contributed by atoms with Gasteiger partial charge < -0.3 is 15.5 Å². The van der Waals surface area contributed by atoms with Crippen LogP contribution in [0.1, 0.15) is 57.6 Å². The van der Waals surface area contributed by atoms with E-state index in [-0.39, 0.29) is 29.4 Å². The SMILES string of the molecule is Cc1ccc(N2C[C@@H](NC(=O)N[C@@H]3C[C@H](C)CC(C)(C)C3)CC2=O)cc1C. The molecule has 0 aromatic heterocycles. The van der Waals surface area contributed by atoms with Crippen LogP contribution in [0.15, 0.2) is 18.2 Å². The zero-order valence-electron chi connectivity index (χ0n) is 17.3. The van der Waals surface area contributed by atoms with Crippen molar-refractivity contribution in [2.24, 2.45) is 11.3 Å². The van der Waals surface area contributed by atoms with Crippen LogP contribution in [0.2, 0.25) is 0 Å². The fraction of sp³-hybridized carbons (Fsp3) is 0.636. The first-order chi connectivity index (χ1) is 12.6. The smallest absolute Gasteiger partial charge is 0.315 e. The summed E-state index contributed by atoms with van der Waals surface area (Å²) in [4.78, 5) is 26.7. The molecule has 0 unspecified atom stereocenters. The molecule has 2 N–H and O–H groups in total. The maximum Gasteiger partial charge on any atom is 0.315 e. The van der Waals surface area contributed by atoms with Crippen LogP contribution in [0.25, 0.3) is 0 Å². The van der Waals surface area contributed by atoms with Gasteiger partial charge in [-0.15, -0.1) is 0 Å². The molecular formula is C22H33N3O2. The average Bonchev–Trinajstić information content (AvgIpc) is 2.88. The third kappa shape index (κ3) is 4.82. The van der Waals surface area contributed by atoms with Gasteiger partial charge in [-0.3, -0.25) is 4.79 Å². The van der Waals surface area contributed by atoms with E-state index in [2.05, 4.69) is 45.3 Å². The van der Waals surface area contributed by atoms with Gasteiger partial charge in [-0.2, -0.15) is 0 Å². The highest BCUT2D eigenvalue weighted by Gasteiger charge is 2.35. The van der Waals surface area contributed by atoms with E-state index in [0.29, 0.717) is 18.9 Å². The number of anilines is 1. The average molecular weight is 372 g/mol. The Morgan fingerprint density at radius 1 is 1.11 bits per heavy atom. The number of benzene rings is 1. The molecule has 0 radical (unpaired) electrons.